The maximum absolute atomic E-state index is 9.75. The molecule has 7 aromatic rings. The molecule has 0 saturated heterocycles. The maximum atomic E-state index is 9.75. The van der Waals surface area contributed by atoms with Gasteiger partial charge < -0.3 is 9.97 Å². The van der Waals surface area contributed by atoms with Crippen molar-refractivity contribution in [3.63, 3.8) is 0 Å². The quantitative estimate of drug-likeness (QED) is 0.149. The number of hydrogen-bond donors (Lipinski definition) is 2. The van der Waals surface area contributed by atoms with Gasteiger partial charge in [0.15, 0.2) is 28.3 Å². The minimum atomic E-state index is -0.0982. The van der Waals surface area contributed by atoms with Crippen LogP contribution >= 0.6 is 0 Å². The van der Waals surface area contributed by atoms with Crippen LogP contribution in [0.5, 0.6) is 0 Å². The second-order valence-electron chi connectivity index (χ2n) is 17.5. The minimum absolute atomic E-state index is 0.0884. The normalized spacial score (nSPS) is 12.9. The zero-order valence-electron chi connectivity index (χ0n) is 32.0. The van der Waals surface area contributed by atoms with Gasteiger partial charge in [-0.05, 0) is 57.2 Å². The van der Waals surface area contributed by atoms with Crippen molar-refractivity contribution < 1.29 is 0 Å². The molecule has 0 fully saturated rings. The van der Waals surface area contributed by atoms with Crippen LogP contribution in [-0.2, 0) is 16.2 Å². The molecule has 5 heterocycles. The predicted molar refractivity (Wildman–Crippen MR) is 217 cm³/mol. The summed E-state index contributed by atoms with van der Waals surface area (Å²) in [7, 11) is 0. The van der Waals surface area contributed by atoms with Gasteiger partial charge in [0.05, 0.1) is 0 Å². The third kappa shape index (κ3) is 5.42. The van der Waals surface area contributed by atoms with Crippen LogP contribution in [0.1, 0.15) is 79.0 Å². The summed E-state index contributed by atoms with van der Waals surface area (Å²) in [6.45, 7) is 19.8. The first kappa shape index (κ1) is 33.5. The van der Waals surface area contributed by atoms with Crippen LogP contribution in [0.15, 0.2) is 72.8 Å². The van der Waals surface area contributed by atoms with Crippen molar-refractivity contribution in [2.24, 2.45) is 0 Å². The Labute approximate surface area is 312 Å². The zero-order chi connectivity index (χ0) is 37.9. The van der Waals surface area contributed by atoms with Crippen LogP contribution in [0.3, 0.4) is 0 Å². The maximum Gasteiger partial charge on any atom is 0.385 e. The van der Waals surface area contributed by atoms with E-state index in [9.17, 15) is 5.39 Å². The SMILES string of the molecule is CC(C)(C)c1ccc2c(c1)-c1nc3nc(nc4[nH]c(nc5[nH]c(nc-2n1)c1cc(C(C)(C)C)ccc51)c1cc([N+]#N)ccc41)-c1cc(C(C)(C)C)ccc1-3. The first-order chi connectivity index (χ1) is 25.5. The van der Waals surface area contributed by atoms with Gasteiger partial charge in [-0.1, -0.05) is 98.7 Å². The third-order valence-corrected chi connectivity index (χ3v) is 10.5. The molecule has 0 aliphatic carbocycles. The summed E-state index contributed by atoms with van der Waals surface area (Å²) >= 11 is 0. The highest BCUT2D eigenvalue weighted by Crippen LogP contribution is 2.41. The molecule has 0 spiro atoms. The Bertz CT molecular complexity index is 2960. The largest absolute Gasteiger partial charge is 0.385 e. The summed E-state index contributed by atoms with van der Waals surface area (Å²) in [5.41, 5.74) is 9.63. The first-order valence-electron chi connectivity index (χ1n) is 18.3. The van der Waals surface area contributed by atoms with E-state index >= 15 is 0 Å². The van der Waals surface area contributed by atoms with Crippen molar-refractivity contribution in [3.05, 3.63) is 94.5 Å². The molecule has 10 heteroatoms. The lowest BCUT2D eigenvalue weighted by atomic mass is 9.85. The fraction of sp³-hybridized carbons (Fsp3) is 0.273. The summed E-state index contributed by atoms with van der Waals surface area (Å²) in [4.78, 5) is 41.6. The summed E-state index contributed by atoms with van der Waals surface area (Å²) in [6, 6.07) is 24.7. The van der Waals surface area contributed by atoms with Crippen LogP contribution in [0.25, 0.3) is 94.7 Å². The highest BCUT2D eigenvalue weighted by atomic mass is 15.1. The summed E-state index contributed by atoms with van der Waals surface area (Å²) in [5, 5.41) is 13.1. The van der Waals surface area contributed by atoms with Crippen LogP contribution in [0.4, 0.5) is 5.69 Å². The molecular formula is C44H41N10+. The van der Waals surface area contributed by atoms with Crippen molar-refractivity contribution in [1.29, 1.82) is 5.39 Å². The van der Waals surface area contributed by atoms with Crippen molar-refractivity contribution in [1.82, 2.24) is 39.9 Å². The molecule has 266 valence electrons. The predicted octanol–water partition coefficient (Wildman–Crippen LogP) is 11.2. The van der Waals surface area contributed by atoms with Gasteiger partial charge in [-0.25, -0.2) is 29.9 Å². The van der Waals surface area contributed by atoms with E-state index in [1.54, 1.807) is 12.1 Å². The van der Waals surface area contributed by atoms with Crippen molar-refractivity contribution >= 4 is 49.8 Å². The van der Waals surface area contributed by atoms with Crippen LogP contribution in [-0.4, -0.2) is 39.9 Å². The lowest BCUT2D eigenvalue weighted by Crippen LogP contribution is -2.11. The van der Waals surface area contributed by atoms with E-state index in [2.05, 4.69) is 132 Å². The van der Waals surface area contributed by atoms with Gasteiger partial charge in [-0.3, -0.25) is 0 Å². The zero-order valence-corrected chi connectivity index (χ0v) is 32.0. The molecule has 9 rings (SSSR count). The average Bonchev–Trinajstić information content (AvgIpc) is 3.84. The molecule has 0 atom stereocenters. The van der Waals surface area contributed by atoms with Crippen LogP contribution in [0, 0.1) is 5.39 Å². The number of H-pyrrole nitrogens is 2. The molecule has 2 N–H and O–H groups in total. The average molecular weight is 710 g/mol. The van der Waals surface area contributed by atoms with Crippen molar-refractivity contribution in [3.8, 4) is 45.6 Å². The smallest absolute Gasteiger partial charge is 0.324 e. The monoisotopic (exact) mass is 709 g/mol. The Kier molecular flexibility index (Phi) is 7.03. The number of benzene rings is 4. The molecule has 2 aliphatic rings. The second kappa shape index (κ2) is 11.3. The van der Waals surface area contributed by atoms with Gasteiger partial charge in [0.2, 0.25) is 5.39 Å². The highest BCUT2D eigenvalue weighted by Gasteiger charge is 2.27. The Morgan fingerprint density at radius 2 is 0.796 bits per heavy atom. The number of nitrogens with zero attached hydrogens (tertiary/aromatic N) is 8. The number of diazo groups is 1. The minimum Gasteiger partial charge on any atom is -0.324 e. The van der Waals surface area contributed by atoms with E-state index in [-0.39, 0.29) is 16.2 Å². The van der Waals surface area contributed by atoms with Crippen LogP contribution < -0.4 is 0 Å². The van der Waals surface area contributed by atoms with Crippen molar-refractivity contribution in [2.45, 2.75) is 78.6 Å². The Morgan fingerprint density at radius 1 is 0.407 bits per heavy atom. The van der Waals surface area contributed by atoms with Crippen LogP contribution in [0.2, 0.25) is 0 Å². The number of rotatable bonds is 0. The Balaban J connectivity index is 1.47. The summed E-state index contributed by atoms with van der Waals surface area (Å²) < 4.78 is 0. The topological polar surface area (TPSA) is 137 Å². The highest BCUT2D eigenvalue weighted by molar-refractivity contribution is 6.08. The fourth-order valence-corrected chi connectivity index (χ4v) is 7.24. The van der Waals surface area contributed by atoms with Gasteiger partial charge in [0.25, 0.3) is 0 Å². The molecule has 54 heavy (non-hydrogen) atoms. The van der Waals surface area contributed by atoms with E-state index in [1.807, 2.05) is 6.07 Å². The van der Waals surface area contributed by atoms with E-state index in [0.717, 1.165) is 49.4 Å². The van der Waals surface area contributed by atoms with Gasteiger partial charge in [-0.2, -0.15) is 0 Å². The van der Waals surface area contributed by atoms with E-state index in [0.29, 0.717) is 51.6 Å². The summed E-state index contributed by atoms with van der Waals surface area (Å²) in [5.74, 6) is 2.18. The lowest BCUT2D eigenvalue weighted by Gasteiger charge is -2.20. The second-order valence-corrected chi connectivity index (χ2v) is 17.5. The standard InChI is InChI=1S/C44H40N10/c1-42(2,3)22-10-14-26-30(18-22)38-46-34(26)48-39-32-20-24(44(7,8)9)12-16-28(32)36(50-39)52-41-33-21-25(54-45)13-17-29(33)37(53-41)51-40-31-19-23(43(4,5)6)11-15-27(31)35(47-38)49-40/h10-21,45H,1-9H3/p+1. The molecule has 8 bridgehead atoms. The van der Waals surface area contributed by atoms with E-state index in [1.165, 1.54) is 11.1 Å². The van der Waals surface area contributed by atoms with Gasteiger partial charge in [0, 0.05) is 55.9 Å². The molecule has 0 unspecified atom stereocenters. The van der Waals surface area contributed by atoms with E-state index in [4.69, 9.17) is 29.9 Å². The number of hydrogen-bond acceptors (Lipinski definition) is 7. The Morgan fingerprint density at radius 3 is 1.33 bits per heavy atom. The lowest BCUT2D eigenvalue weighted by molar-refractivity contribution is 0.590. The van der Waals surface area contributed by atoms with E-state index < -0.39 is 0 Å². The Hall–Kier alpha value is -6.34. The summed E-state index contributed by atoms with van der Waals surface area (Å²) in [6.07, 6.45) is 0. The number of fused-ring (bicyclic) bond motifs is 20. The van der Waals surface area contributed by atoms with Gasteiger partial charge in [0.1, 0.15) is 22.6 Å². The molecule has 3 aromatic heterocycles. The molecule has 4 aromatic carbocycles. The van der Waals surface area contributed by atoms with Crippen molar-refractivity contribution in [2.75, 3.05) is 0 Å². The molecule has 10 nitrogen and oxygen atoms in total. The molecular weight excluding hydrogens is 669 g/mol. The number of nitrogens with one attached hydrogen (secondary N) is 2. The molecule has 0 amide bonds. The third-order valence-electron chi connectivity index (χ3n) is 10.5. The molecule has 0 radical (unpaired) electrons. The van der Waals surface area contributed by atoms with Gasteiger partial charge >= 0.3 is 5.69 Å². The molecule has 0 saturated carbocycles. The van der Waals surface area contributed by atoms with Gasteiger partial charge in [-0.15, -0.1) is 0 Å². The first-order valence-corrected chi connectivity index (χ1v) is 18.3. The molecule has 2 aliphatic heterocycles. The number of aromatic nitrogens is 8. The number of aromatic amines is 2. The fourth-order valence-electron chi connectivity index (χ4n) is 7.24.